The quantitative estimate of drug-likeness (QED) is 0.589. The van der Waals surface area contributed by atoms with Crippen molar-refractivity contribution in [1.82, 2.24) is 4.98 Å². The molecule has 6 nitrogen and oxygen atoms in total. The van der Waals surface area contributed by atoms with Gasteiger partial charge in [-0.3, -0.25) is 0 Å². The zero-order chi connectivity index (χ0) is 13.5. The normalized spacial score (nSPS) is 9.61. The van der Waals surface area contributed by atoms with Gasteiger partial charge in [-0.2, -0.15) is 0 Å². The number of nitrogens with one attached hydrogen (secondary N) is 1. The zero-order valence-corrected chi connectivity index (χ0v) is 9.59. The van der Waals surface area contributed by atoms with Crippen LogP contribution in [-0.2, 0) is 16.0 Å². The maximum absolute atomic E-state index is 9.10. The molecule has 0 atom stereocenters. The molecule has 5 N–H and O–H groups in total. The van der Waals surface area contributed by atoms with E-state index < -0.39 is 11.9 Å². The van der Waals surface area contributed by atoms with Crippen molar-refractivity contribution < 1.29 is 19.8 Å². The third kappa shape index (κ3) is 3.60. The highest BCUT2D eigenvalue weighted by molar-refractivity contribution is 6.27. The summed E-state index contributed by atoms with van der Waals surface area (Å²) in [6, 6.07) is 8.29. The van der Waals surface area contributed by atoms with Crippen LogP contribution in [0.15, 0.2) is 30.5 Å². The van der Waals surface area contributed by atoms with Gasteiger partial charge in [0.1, 0.15) is 0 Å². The van der Waals surface area contributed by atoms with Crippen LogP contribution in [0.2, 0.25) is 0 Å². The van der Waals surface area contributed by atoms with Gasteiger partial charge in [-0.1, -0.05) is 18.2 Å². The number of rotatable bonds is 2. The Morgan fingerprint density at radius 3 is 2.33 bits per heavy atom. The SMILES string of the molecule is NCCc1c[nH]c2ccccc12.O=C(O)C(=O)O. The molecule has 0 aliphatic carbocycles. The van der Waals surface area contributed by atoms with Crippen LogP contribution < -0.4 is 5.73 Å². The van der Waals surface area contributed by atoms with Crippen molar-refractivity contribution >= 4 is 22.8 Å². The number of hydrogen-bond donors (Lipinski definition) is 4. The van der Waals surface area contributed by atoms with Crippen molar-refractivity contribution in [2.45, 2.75) is 6.42 Å². The van der Waals surface area contributed by atoms with Gasteiger partial charge in [0.2, 0.25) is 0 Å². The highest BCUT2D eigenvalue weighted by Gasteiger charge is 2.04. The number of nitrogens with two attached hydrogens (primary N) is 1. The Kier molecular flexibility index (Phi) is 4.89. The van der Waals surface area contributed by atoms with Crippen LogP contribution >= 0.6 is 0 Å². The summed E-state index contributed by atoms with van der Waals surface area (Å²) in [6.45, 7) is 0.710. The van der Waals surface area contributed by atoms with Crippen molar-refractivity contribution in [2.24, 2.45) is 5.73 Å². The number of carboxylic acid groups (broad SMARTS) is 2. The van der Waals surface area contributed by atoms with Crippen molar-refractivity contribution in [3.05, 3.63) is 36.0 Å². The zero-order valence-electron chi connectivity index (χ0n) is 9.59. The third-order valence-electron chi connectivity index (χ3n) is 2.27. The van der Waals surface area contributed by atoms with Crippen LogP contribution in [0.1, 0.15) is 5.56 Å². The maximum atomic E-state index is 9.10. The molecule has 0 saturated heterocycles. The van der Waals surface area contributed by atoms with E-state index in [0.29, 0.717) is 6.54 Å². The Morgan fingerprint density at radius 1 is 1.17 bits per heavy atom. The molecule has 1 aromatic carbocycles. The van der Waals surface area contributed by atoms with E-state index in [2.05, 4.69) is 23.2 Å². The number of benzene rings is 1. The first-order valence-electron chi connectivity index (χ1n) is 5.27. The highest BCUT2D eigenvalue weighted by Crippen LogP contribution is 2.17. The fourth-order valence-electron chi connectivity index (χ4n) is 1.49. The highest BCUT2D eigenvalue weighted by atomic mass is 16.4. The van der Waals surface area contributed by atoms with Crippen LogP contribution in [0, 0.1) is 0 Å². The van der Waals surface area contributed by atoms with Crippen LogP contribution in [0.5, 0.6) is 0 Å². The number of H-pyrrole nitrogens is 1. The van der Waals surface area contributed by atoms with Crippen molar-refractivity contribution in [1.29, 1.82) is 0 Å². The van der Waals surface area contributed by atoms with E-state index in [-0.39, 0.29) is 0 Å². The average molecular weight is 250 g/mol. The summed E-state index contributed by atoms with van der Waals surface area (Å²) < 4.78 is 0. The lowest BCUT2D eigenvalue weighted by molar-refractivity contribution is -0.159. The molecule has 6 heteroatoms. The van der Waals surface area contributed by atoms with E-state index in [1.54, 1.807) is 0 Å². The molecule has 1 aromatic heterocycles. The number of carboxylic acids is 2. The first-order valence-corrected chi connectivity index (χ1v) is 5.27. The van der Waals surface area contributed by atoms with Crippen molar-refractivity contribution in [2.75, 3.05) is 6.54 Å². The molecule has 0 aliphatic heterocycles. The van der Waals surface area contributed by atoms with Gasteiger partial charge < -0.3 is 20.9 Å². The summed E-state index contributed by atoms with van der Waals surface area (Å²) in [5, 5.41) is 16.1. The summed E-state index contributed by atoms with van der Waals surface area (Å²) in [7, 11) is 0. The lowest BCUT2D eigenvalue weighted by Gasteiger charge is -1.93. The molecule has 0 spiro atoms. The van der Waals surface area contributed by atoms with Gasteiger partial charge in [0.25, 0.3) is 0 Å². The maximum Gasteiger partial charge on any atom is 0.414 e. The van der Waals surface area contributed by atoms with E-state index in [4.69, 9.17) is 25.5 Å². The number of carbonyl (C=O) groups is 2. The number of fused-ring (bicyclic) bond motifs is 1. The fraction of sp³-hybridized carbons (Fsp3) is 0.167. The minimum Gasteiger partial charge on any atom is -0.473 e. The number of aromatic amines is 1. The van der Waals surface area contributed by atoms with Gasteiger partial charge in [0, 0.05) is 17.1 Å². The van der Waals surface area contributed by atoms with E-state index in [1.165, 1.54) is 16.5 Å². The summed E-state index contributed by atoms with van der Waals surface area (Å²) in [5.74, 6) is -3.65. The molecule has 0 bridgehead atoms. The van der Waals surface area contributed by atoms with Gasteiger partial charge in [0.05, 0.1) is 0 Å². The smallest absolute Gasteiger partial charge is 0.414 e. The molecule has 0 saturated carbocycles. The molecule has 96 valence electrons. The molecule has 0 unspecified atom stereocenters. The van der Waals surface area contributed by atoms with Gasteiger partial charge in [-0.25, -0.2) is 9.59 Å². The molecule has 0 fully saturated rings. The lowest BCUT2D eigenvalue weighted by atomic mass is 10.1. The monoisotopic (exact) mass is 250 g/mol. The largest absolute Gasteiger partial charge is 0.473 e. The molecular formula is C12H14N2O4. The second-order valence-electron chi connectivity index (χ2n) is 3.51. The van der Waals surface area contributed by atoms with E-state index in [9.17, 15) is 0 Å². The number of hydrogen-bond acceptors (Lipinski definition) is 3. The predicted molar refractivity (Wildman–Crippen MR) is 66.3 cm³/mol. The molecule has 0 radical (unpaired) electrons. The molecular weight excluding hydrogens is 236 g/mol. The predicted octanol–water partition coefficient (Wildman–Crippen LogP) is 0.825. The van der Waals surface area contributed by atoms with Gasteiger partial charge in [-0.15, -0.1) is 0 Å². The van der Waals surface area contributed by atoms with E-state index in [0.717, 1.165) is 6.42 Å². The van der Waals surface area contributed by atoms with Gasteiger partial charge in [-0.05, 0) is 24.6 Å². The first kappa shape index (κ1) is 13.7. The Bertz CT molecular complexity index is 536. The number of aromatic nitrogens is 1. The molecule has 2 rings (SSSR count). The Labute approximate surface area is 103 Å². The summed E-state index contributed by atoms with van der Waals surface area (Å²) in [6.07, 6.45) is 2.99. The topological polar surface area (TPSA) is 116 Å². The van der Waals surface area contributed by atoms with E-state index in [1.807, 2.05) is 12.3 Å². The molecule has 0 aliphatic rings. The fourth-order valence-corrected chi connectivity index (χ4v) is 1.49. The second kappa shape index (κ2) is 6.41. The number of aliphatic carboxylic acids is 2. The number of para-hydroxylation sites is 1. The second-order valence-corrected chi connectivity index (χ2v) is 3.51. The summed E-state index contributed by atoms with van der Waals surface area (Å²) in [4.78, 5) is 21.4. The molecule has 2 aromatic rings. The van der Waals surface area contributed by atoms with Crippen LogP contribution in [0.3, 0.4) is 0 Å². The minimum absolute atomic E-state index is 0.710. The molecule has 1 heterocycles. The summed E-state index contributed by atoms with van der Waals surface area (Å²) in [5.41, 5.74) is 8.01. The third-order valence-corrected chi connectivity index (χ3v) is 2.27. The van der Waals surface area contributed by atoms with Crippen molar-refractivity contribution in [3.63, 3.8) is 0 Å². The molecule has 0 amide bonds. The Balaban J connectivity index is 0.000000232. The van der Waals surface area contributed by atoms with E-state index >= 15 is 0 Å². The van der Waals surface area contributed by atoms with Crippen LogP contribution in [0.4, 0.5) is 0 Å². The first-order chi connectivity index (χ1) is 8.56. The minimum atomic E-state index is -1.82. The lowest BCUT2D eigenvalue weighted by Crippen LogP contribution is -2.09. The van der Waals surface area contributed by atoms with Crippen LogP contribution in [-0.4, -0.2) is 33.7 Å². The Morgan fingerprint density at radius 2 is 1.78 bits per heavy atom. The summed E-state index contributed by atoms with van der Waals surface area (Å²) >= 11 is 0. The van der Waals surface area contributed by atoms with Gasteiger partial charge in [0.15, 0.2) is 0 Å². The average Bonchev–Trinajstić information content (AvgIpc) is 2.74. The van der Waals surface area contributed by atoms with Crippen molar-refractivity contribution in [3.8, 4) is 0 Å². The Hall–Kier alpha value is -2.34. The molecule has 18 heavy (non-hydrogen) atoms. The van der Waals surface area contributed by atoms with Crippen LogP contribution in [0.25, 0.3) is 10.9 Å². The van der Waals surface area contributed by atoms with Gasteiger partial charge >= 0.3 is 11.9 Å². The standard InChI is InChI=1S/C10H12N2.C2H2O4/c11-6-5-8-7-12-10-4-2-1-3-9(8)10;3-1(4)2(5)6/h1-4,7,12H,5-6,11H2;(H,3,4)(H,5,6).